The Kier molecular flexibility index (Phi) is 4.70. The number of aromatic amines is 1. The van der Waals surface area contributed by atoms with Crippen molar-refractivity contribution in [1.29, 1.82) is 0 Å². The number of thiophene rings is 1. The van der Waals surface area contributed by atoms with Crippen LogP contribution in [0.15, 0.2) is 30.0 Å². The summed E-state index contributed by atoms with van der Waals surface area (Å²) in [6.45, 7) is 1.74. The topological polar surface area (TPSA) is 49.0 Å². The van der Waals surface area contributed by atoms with E-state index in [0.717, 1.165) is 44.5 Å². The molecule has 3 heterocycles. The second-order valence-corrected chi connectivity index (χ2v) is 6.61. The summed E-state index contributed by atoms with van der Waals surface area (Å²) < 4.78 is 0. The van der Waals surface area contributed by atoms with Crippen LogP contribution in [0.5, 0.6) is 0 Å². The highest BCUT2D eigenvalue weighted by Crippen LogP contribution is 2.26. The Hall–Kier alpha value is -1.62. The molecule has 2 aromatic heterocycles. The van der Waals surface area contributed by atoms with Gasteiger partial charge in [-0.3, -0.25) is 4.79 Å². The van der Waals surface area contributed by atoms with Crippen molar-refractivity contribution >= 4 is 17.2 Å². The maximum Gasteiger partial charge on any atom is 0.222 e. The number of amides is 1. The number of carbonyl (C=O) groups excluding carboxylic acids is 1. The van der Waals surface area contributed by atoms with E-state index in [0.29, 0.717) is 18.2 Å². The van der Waals surface area contributed by atoms with Crippen molar-refractivity contribution in [3.63, 3.8) is 0 Å². The van der Waals surface area contributed by atoms with Gasteiger partial charge in [-0.25, -0.2) is 4.98 Å². The van der Waals surface area contributed by atoms with Crippen molar-refractivity contribution in [3.05, 3.63) is 40.6 Å². The molecule has 0 aliphatic carbocycles. The number of aromatic nitrogens is 2. The van der Waals surface area contributed by atoms with Gasteiger partial charge in [0.1, 0.15) is 0 Å². The first-order chi connectivity index (χ1) is 10.3. The largest absolute Gasteiger partial charge is 0.351 e. The predicted molar refractivity (Wildman–Crippen MR) is 84.4 cm³/mol. The Morgan fingerprint density at radius 1 is 1.43 bits per heavy atom. The number of nitrogens with zero attached hydrogens (tertiary/aromatic N) is 2. The van der Waals surface area contributed by atoms with Crippen LogP contribution in [-0.2, 0) is 11.2 Å². The normalized spacial score (nSPS) is 16.3. The number of piperidine rings is 1. The van der Waals surface area contributed by atoms with Crippen LogP contribution in [0.3, 0.4) is 0 Å². The lowest BCUT2D eigenvalue weighted by molar-refractivity contribution is -0.132. The van der Waals surface area contributed by atoms with Crippen LogP contribution in [0, 0.1) is 0 Å². The van der Waals surface area contributed by atoms with E-state index in [4.69, 9.17) is 0 Å². The number of likely N-dealkylation sites (tertiary alicyclic amines) is 1. The van der Waals surface area contributed by atoms with Crippen LogP contribution in [0.1, 0.15) is 42.2 Å². The SMILES string of the molecule is O=C(CCCc1cccs1)N1CCC(c2c[nH]cn2)CC1. The van der Waals surface area contributed by atoms with Crippen molar-refractivity contribution in [3.8, 4) is 0 Å². The number of nitrogens with one attached hydrogen (secondary N) is 1. The van der Waals surface area contributed by atoms with Crippen molar-refractivity contribution in [2.24, 2.45) is 0 Å². The molecule has 4 nitrogen and oxygen atoms in total. The van der Waals surface area contributed by atoms with Gasteiger partial charge in [-0.15, -0.1) is 11.3 Å². The van der Waals surface area contributed by atoms with Gasteiger partial charge in [0, 0.05) is 36.5 Å². The van der Waals surface area contributed by atoms with E-state index in [2.05, 4.69) is 27.5 Å². The summed E-state index contributed by atoms with van der Waals surface area (Å²) in [7, 11) is 0. The molecule has 21 heavy (non-hydrogen) atoms. The van der Waals surface area contributed by atoms with E-state index in [-0.39, 0.29) is 0 Å². The zero-order chi connectivity index (χ0) is 14.5. The number of imidazole rings is 1. The number of rotatable bonds is 5. The summed E-state index contributed by atoms with van der Waals surface area (Å²) in [6.07, 6.45) is 8.42. The Morgan fingerprint density at radius 2 is 2.29 bits per heavy atom. The molecule has 0 atom stereocenters. The van der Waals surface area contributed by atoms with Crippen molar-refractivity contribution in [2.75, 3.05) is 13.1 Å². The van der Waals surface area contributed by atoms with Crippen LogP contribution in [0.2, 0.25) is 0 Å². The fraction of sp³-hybridized carbons (Fsp3) is 0.500. The Morgan fingerprint density at radius 3 is 2.95 bits per heavy atom. The summed E-state index contributed by atoms with van der Waals surface area (Å²) >= 11 is 1.77. The minimum absolute atomic E-state index is 0.312. The third-order valence-electron chi connectivity index (χ3n) is 4.18. The highest BCUT2D eigenvalue weighted by Gasteiger charge is 2.24. The Labute approximate surface area is 129 Å². The van der Waals surface area contributed by atoms with Crippen LogP contribution < -0.4 is 0 Å². The monoisotopic (exact) mass is 303 g/mol. The molecule has 5 heteroatoms. The summed E-state index contributed by atoms with van der Waals surface area (Å²) in [5.74, 6) is 0.818. The average molecular weight is 303 g/mol. The van der Waals surface area contributed by atoms with Gasteiger partial charge in [0.25, 0.3) is 0 Å². The molecule has 0 unspecified atom stereocenters. The van der Waals surface area contributed by atoms with Crippen LogP contribution in [-0.4, -0.2) is 33.9 Å². The van der Waals surface area contributed by atoms with Crippen molar-refractivity contribution < 1.29 is 4.79 Å². The minimum atomic E-state index is 0.312. The maximum absolute atomic E-state index is 12.2. The number of aryl methyl sites for hydroxylation is 1. The molecule has 1 N–H and O–H groups in total. The van der Waals surface area contributed by atoms with E-state index in [1.54, 1.807) is 17.7 Å². The van der Waals surface area contributed by atoms with Gasteiger partial charge in [0.05, 0.1) is 12.0 Å². The number of hydrogen-bond acceptors (Lipinski definition) is 3. The Bertz CT molecular complexity index is 542. The molecule has 1 aliphatic heterocycles. The summed E-state index contributed by atoms with van der Waals surface area (Å²) in [6, 6.07) is 4.21. The van der Waals surface area contributed by atoms with E-state index in [1.807, 2.05) is 11.1 Å². The van der Waals surface area contributed by atoms with Crippen molar-refractivity contribution in [2.45, 2.75) is 38.0 Å². The molecule has 112 valence electrons. The lowest BCUT2D eigenvalue weighted by atomic mass is 9.94. The first kappa shape index (κ1) is 14.3. The van der Waals surface area contributed by atoms with Gasteiger partial charge in [-0.05, 0) is 37.1 Å². The Balaban J connectivity index is 1.40. The van der Waals surface area contributed by atoms with Gasteiger partial charge in [-0.1, -0.05) is 6.07 Å². The van der Waals surface area contributed by atoms with Crippen LogP contribution >= 0.6 is 11.3 Å². The molecular weight excluding hydrogens is 282 g/mol. The molecule has 1 aliphatic rings. The maximum atomic E-state index is 12.2. The van der Waals surface area contributed by atoms with Crippen molar-refractivity contribution in [1.82, 2.24) is 14.9 Å². The fourth-order valence-electron chi connectivity index (χ4n) is 2.95. The molecule has 2 aromatic rings. The summed E-state index contributed by atoms with van der Waals surface area (Å²) in [5.41, 5.74) is 1.14. The smallest absolute Gasteiger partial charge is 0.222 e. The summed E-state index contributed by atoms with van der Waals surface area (Å²) in [4.78, 5) is 23.0. The third-order valence-corrected chi connectivity index (χ3v) is 5.12. The van der Waals surface area contributed by atoms with Crippen LogP contribution in [0.25, 0.3) is 0 Å². The molecule has 1 fully saturated rings. The molecule has 0 saturated carbocycles. The zero-order valence-corrected chi connectivity index (χ0v) is 12.9. The number of H-pyrrole nitrogens is 1. The van der Waals surface area contributed by atoms with Gasteiger partial charge < -0.3 is 9.88 Å². The second kappa shape index (κ2) is 6.89. The van der Waals surface area contributed by atoms with E-state index in [9.17, 15) is 4.79 Å². The predicted octanol–water partition coefficient (Wildman–Crippen LogP) is 3.20. The fourth-order valence-corrected chi connectivity index (χ4v) is 3.70. The van der Waals surface area contributed by atoms with Crippen LogP contribution in [0.4, 0.5) is 0 Å². The molecule has 1 saturated heterocycles. The minimum Gasteiger partial charge on any atom is -0.351 e. The molecular formula is C16H21N3OS. The molecule has 1 amide bonds. The van der Waals surface area contributed by atoms with E-state index >= 15 is 0 Å². The first-order valence-electron chi connectivity index (χ1n) is 7.62. The lowest BCUT2D eigenvalue weighted by Gasteiger charge is -2.31. The third kappa shape index (κ3) is 3.73. The number of carbonyl (C=O) groups is 1. The average Bonchev–Trinajstić information content (AvgIpc) is 3.21. The molecule has 0 bridgehead atoms. The first-order valence-corrected chi connectivity index (χ1v) is 8.50. The highest BCUT2D eigenvalue weighted by molar-refractivity contribution is 7.09. The lowest BCUT2D eigenvalue weighted by Crippen LogP contribution is -2.37. The van der Waals surface area contributed by atoms with Gasteiger partial charge in [0.15, 0.2) is 0 Å². The van der Waals surface area contributed by atoms with Gasteiger partial charge in [0.2, 0.25) is 5.91 Å². The second-order valence-electron chi connectivity index (χ2n) is 5.58. The standard InChI is InChI=1S/C16H21N3OS/c20-16(5-1-3-14-4-2-10-21-14)19-8-6-13(7-9-19)15-11-17-12-18-15/h2,4,10-13H,1,3,5-9H2,(H,17,18). The molecule has 0 spiro atoms. The molecule has 0 aromatic carbocycles. The molecule has 0 radical (unpaired) electrons. The quantitative estimate of drug-likeness (QED) is 0.922. The van der Waals surface area contributed by atoms with E-state index in [1.165, 1.54) is 4.88 Å². The highest BCUT2D eigenvalue weighted by atomic mass is 32.1. The van der Waals surface area contributed by atoms with Gasteiger partial charge >= 0.3 is 0 Å². The van der Waals surface area contributed by atoms with Gasteiger partial charge in [-0.2, -0.15) is 0 Å². The zero-order valence-electron chi connectivity index (χ0n) is 12.1. The summed E-state index contributed by atoms with van der Waals surface area (Å²) in [5, 5.41) is 2.09. The molecule has 3 rings (SSSR count). The number of hydrogen-bond donors (Lipinski definition) is 1. The van der Waals surface area contributed by atoms with E-state index < -0.39 is 0 Å².